The minimum absolute atomic E-state index is 0.0166. The maximum Gasteiger partial charge on any atom is 0.220 e. The van der Waals surface area contributed by atoms with Crippen molar-refractivity contribution < 1.29 is 9.18 Å². The fraction of sp³-hybridized carbons (Fsp3) is 0.200. The van der Waals surface area contributed by atoms with E-state index in [1.54, 1.807) is 37.4 Å². The van der Waals surface area contributed by atoms with E-state index in [9.17, 15) is 9.18 Å². The quantitative estimate of drug-likeness (QED) is 0.767. The van der Waals surface area contributed by atoms with Gasteiger partial charge in [-0.2, -0.15) is 0 Å². The third kappa shape index (κ3) is 2.73. The van der Waals surface area contributed by atoms with Crippen LogP contribution in [0.1, 0.15) is 39.6 Å². The summed E-state index contributed by atoms with van der Waals surface area (Å²) in [6.07, 6.45) is 2.49. The summed E-state index contributed by atoms with van der Waals surface area (Å²) in [6, 6.07) is 10.2. The van der Waals surface area contributed by atoms with E-state index in [1.165, 1.54) is 6.07 Å². The van der Waals surface area contributed by atoms with Crippen molar-refractivity contribution in [1.82, 2.24) is 15.0 Å². The van der Waals surface area contributed by atoms with Gasteiger partial charge in [0.25, 0.3) is 0 Å². The van der Waals surface area contributed by atoms with Crippen LogP contribution >= 0.6 is 0 Å². The van der Waals surface area contributed by atoms with E-state index < -0.39 is 0 Å². The van der Waals surface area contributed by atoms with Gasteiger partial charge in [0, 0.05) is 18.2 Å². The number of halogens is 1. The van der Waals surface area contributed by atoms with E-state index in [1.807, 2.05) is 6.07 Å². The van der Waals surface area contributed by atoms with E-state index in [0.717, 1.165) is 5.56 Å². The molecule has 130 valence electrons. The SMILES string of the molecule is Cc1nc(N)nc2c1C(=O)CC(c1cccnc1-c1ccccc1F)C2. The van der Waals surface area contributed by atoms with Gasteiger partial charge < -0.3 is 5.73 Å². The monoisotopic (exact) mass is 348 g/mol. The van der Waals surface area contributed by atoms with Crippen LogP contribution in [0.4, 0.5) is 10.3 Å². The van der Waals surface area contributed by atoms with Crippen molar-refractivity contribution in [2.75, 3.05) is 5.73 Å². The van der Waals surface area contributed by atoms with Crippen molar-refractivity contribution in [3.63, 3.8) is 0 Å². The molecule has 0 spiro atoms. The zero-order chi connectivity index (χ0) is 18.3. The van der Waals surface area contributed by atoms with Crippen LogP contribution in [0.2, 0.25) is 0 Å². The minimum Gasteiger partial charge on any atom is -0.368 e. The van der Waals surface area contributed by atoms with Gasteiger partial charge in [-0.15, -0.1) is 0 Å². The van der Waals surface area contributed by atoms with Crippen molar-refractivity contribution in [2.24, 2.45) is 0 Å². The number of Topliss-reactive ketones (excluding diaryl/α,β-unsaturated/α-hetero) is 1. The number of carbonyl (C=O) groups is 1. The Morgan fingerprint density at radius 3 is 2.73 bits per heavy atom. The molecule has 1 unspecified atom stereocenters. The second kappa shape index (κ2) is 6.29. The second-order valence-corrected chi connectivity index (χ2v) is 6.44. The molecule has 1 aliphatic carbocycles. The maximum absolute atomic E-state index is 14.3. The van der Waals surface area contributed by atoms with Crippen molar-refractivity contribution >= 4 is 11.7 Å². The van der Waals surface area contributed by atoms with Crippen LogP contribution < -0.4 is 5.73 Å². The summed E-state index contributed by atoms with van der Waals surface area (Å²) in [5.74, 6) is -0.322. The largest absolute Gasteiger partial charge is 0.368 e. The number of nitrogen functional groups attached to an aromatic ring is 1. The van der Waals surface area contributed by atoms with Gasteiger partial charge in [0.1, 0.15) is 5.82 Å². The molecular weight excluding hydrogens is 331 g/mol. The first-order valence-electron chi connectivity index (χ1n) is 8.40. The summed E-state index contributed by atoms with van der Waals surface area (Å²) in [5.41, 5.74) is 9.41. The first kappa shape index (κ1) is 16.3. The number of nitrogens with two attached hydrogens (primary N) is 1. The molecule has 2 aromatic heterocycles. The van der Waals surface area contributed by atoms with Crippen LogP contribution in [0.15, 0.2) is 42.6 Å². The van der Waals surface area contributed by atoms with Gasteiger partial charge in [0.05, 0.1) is 22.6 Å². The molecule has 5 nitrogen and oxygen atoms in total. The van der Waals surface area contributed by atoms with Gasteiger partial charge in [0.15, 0.2) is 5.78 Å². The molecule has 1 atom stereocenters. The molecule has 2 N–H and O–H groups in total. The third-order valence-corrected chi connectivity index (χ3v) is 4.74. The lowest BCUT2D eigenvalue weighted by Crippen LogP contribution is -2.23. The molecule has 0 radical (unpaired) electrons. The normalized spacial score (nSPS) is 16.4. The number of fused-ring (bicyclic) bond motifs is 1. The van der Waals surface area contributed by atoms with Crippen LogP contribution in [0.3, 0.4) is 0 Å². The molecule has 0 amide bonds. The zero-order valence-electron chi connectivity index (χ0n) is 14.2. The summed E-state index contributed by atoms with van der Waals surface area (Å²) in [7, 11) is 0. The first-order valence-corrected chi connectivity index (χ1v) is 8.40. The van der Waals surface area contributed by atoms with Crippen molar-refractivity contribution in [1.29, 1.82) is 0 Å². The van der Waals surface area contributed by atoms with Crippen LogP contribution in [0.5, 0.6) is 0 Å². The zero-order valence-corrected chi connectivity index (χ0v) is 14.2. The number of benzene rings is 1. The average molecular weight is 348 g/mol. The highest BCUT2D eigenvalue weighted by Crippen LogP contribution is 2.37. The highest BCUT2D eigenvalue weighted by Gasteiger charge is 2.31. The molecule has 6 heteroatoms. The lowest BCUT2D eigenvalue weighted by atomic mass is 9.80. The fourth-order valence-corrected chi connectivity index (χ4v) is 3.64. The molecule has 0 saturated carbocycles. The van der Waals surface area contributed by atoms with Gasteiger partial charge in [-0.1, -0.05) is 18.2 Å². The molecule has 0 bridgehead atoms. The molecule has 1 aliphatic rings. The number of anilines is 1. The van der Waals surface area contributed by atoms with Crippen LogP contribution in [0, 0.1) is 12.7 Å². The molecule has 0 saturated heterocycles. The van der Waals surface area contributed by atoms with Crippen LogP contribution in [0.25, 0.3) is 11.3 Å². The van der Waals surface area contributed by atoms with Crippen molar-refractivity contribution in [2.45, 2.75) is 25.7 Å². The topological polar surface area (TPSA) is 81.8 Å². The molecule has 3 aromatic rings. The predicted molar refractivity (Wildman–Crippen MR) is 96.2 cm³/mol. The fourth-order valence-electron chi connectivity index (χ4n) is 3.64. The lowest BCUT2D eigenvalue weighted by molar-refractivity contribution is 0.0962. The number of nitrogens with zero attached hydrogens (tertiary/aromatic N) is 3. The summed E-state index contributed by atoms with van der Waals surface area (Å²) >= 11 is 0. The molecular formula is C20H17FN4O. The van der Waals surface area contributed by atoms with E-state index in [0.29, 0.717) is 41.1 Å². The summed E-state index contributed by atoms with van der Waals surface area (Å²) in [6.45, 7) is 1.77. The van der Waals surface area contributed by atoms with Crippen molar-refractivity contribution in [3.05, 3.63) is 70.9 Å². The van der Waals surface area contributed by atoms with Gasteiger partial charge in [0.2, 0.25) is 5.95 Å². The van der Waals surface area contributed by atoms with Crippen LogP contribution in [-0.4, -0.2) is 20.7 Å². The highest BCUT2D eigenvalue weighted by molar-refractivity contribution is 6.00. The lowest BCUT2D eigenvalue weighted by Gasteiger charge is -2.25. The predicted octanol–water partition coefficient (Wildman–Crippen LogP) is 3.48. The minimum atomic E-state index is -0.336. The van der Waals surface area contributed by atoms with E-state index in [4.69, 9.17) is 5.73 Å². The number of carbonyl (C=O) groups excluding carboxylic acids is 1. The number of rotatable bonds is 2. The van der Waals surface area contributed by atoms with E-state index >= 15 is 0 Å². The van der Waals surface area contributed by atoms with Gasteiger partial charge in [-0.25, -0.2) is 14.4 Å². The third-order valence-electron chi connectivity index (χ3n) is 4.74. The summed E-state index contributed by atoms with van der Waals surface area (Å²) in [5, 5.41) is 0. The Labute approximate surface area is 150 Å². The standard InChI is InChI=1S/C20H17FN4O/c1-11-18-16(25-20(22)24-11)9-12(10-17(18)26)13-6-4-8-23-19(13)14-5-2-3-7-15(14)21/h2-8,12H,9-10H2,1H3,(H2,22,24,25). The molecule has 4 rings (SSSR count). The number of ketones is 1. The summed E-state index contributed by atoms with van der Waals surface area (Å²) in [4.78, 5) is 25.5. The molecule has 0 fully saturated rings. The van der Waals surface area contributed by atoms with Crippen molar-refractivity contribution in [3.8, 4) is 11.3 Å². The Morgan fingerprint density at radius 1 is 1.12 bits per heavy atom. The number of aryl methyl sites for hydroxylation is 1. The van der Waals surface area contributed by atoms with Gasteiger partial charge in [-0.3, -0.25) is 9.78 Å². The van der Waals surface area contributed by atoms with Gasteiger partial charge in [-0.05, 0) is 43.0 Å². The molecule has 2 heterocycles. The Kier molecular flexibility index (Phi) is 3.95. The second-order valence-electron chi connectivity index (χ2n) is 6.44. The highest BCUT2D eigenvalue weighted by atomic mass is 19.1. The Hall–Kier alpha value is -3.15. The molecule has 0 aliphatic heterocycles. The molecule has 1 aromatic carbocycles. The first-order chi connectivity index (χ1) is 12.5. The van der Waals surface area contributed by atoms with E-state index in [-0.39, 0.29) is 23.5 Å². The van der Waals surface area contributed by atoms with E-state index in [2.05, 4.69) is 15.0 Å². The number of hydrogen-bond acceptors (Lipinski definition) is 5. The average Bonchev–Trinajstić information content (AvgIpc) is 2.61. The number of pyridine rings is 1. The Bertz CT molecular complexity index is 1020. The molecule has 26 heavy (non-hydrogen) atoms. The number of hydrogen-bond donors (Lipinski definition) is 1. The summed E-state index contributed by atoms with van der Waals surface area (Å²) < 4.78 is 14.3. The van der Waals surface area contributed by atoms with Crippen LogP contribution in [-0.2, 0) is 6.42 Å². The number of aromatic nitrogens is 3. The Balaban J connectivity index is 1.81. The van der Waals surface area contributed by atoms with Gasteiger partial charge >= 0.3 is 0 Å². The maximum atomic E-state index is 14.3. The Morgan fingerprint density at radius 2 is 1.92 bits per heavy atom. The smallest absolute Gasteiger partial charge is 0.220 e.